The molecule has 1 heterocycles. The van der Waals surface area contributed by atoms with Gasteiger partial charge in [0, 0.05) is 13.1 Å². The summed E-state index contributed by atoms with van der Waals surface area (Å²) in [5, 5.41) is 6.74. The fourth-order valence-electron chi connectivity index (χ4n) is 3.22. The van der Waals surface area contributed by atoms with Gasteiger partial charge >= 0.3 is 0 Å². The van der Waals surface area contributed by atoms with E-state index in [1.807, 2.05) is 12.1 Å². The molecular formula is C20H34FIN4. The summed E-state index contributed by atoms with van der Waals surface area (Å²) in [6.07, 6.45) is 3.73. The number of aliphatic imine (C=N–C) groups is 1. The second-order valence-corrected chi connectivity index (χ2v) is 6.94. The van der Waals surface area contributed by atoms with Crippen molar-refractivity contribution in [2.24, 2.45) is 10.9 Å². The molecule has 148 valence electrons. The van der Waals surface area contributed by atoms with Gasteiger partial charge in [0.2, 0.25) is 0 Å². The summed E-state index contributed by atoms with van der Waals surface area (Å²) in [7, 11) is 0. The second-order valence-electron chi connectivity index (χ2n) is 6.94. The van der Waals surface area contributed by atoms with E-state index in [9.17, 15) is 4.39 Å². The lowest BCUT2D eigenvalue weighted by Crippen LogP contribution is -2.43. The number of aryl methyl sites for hydroxylation is 1. The number of nitrogens with zero attached hydrogens (tertiary/aromatic N) is 2. The first-order valence-corrected chi connectivity index (χ1v) is 9.62. The zero-order valence-electron chi connectivity index (χ0n) is 16.4. The van der Waals surface area contributed by atoms with E-state index in [1.165, 1.54) is 38.9 Å². The minimum Gasteiger partial charge on any atom is -0.357 e. The Morgan fingerprint density at radius 1 is 1.23 bits per heavy atom. The van der Waals surface area contributed by atoms with Crippen molar-refractivity contribution in [3.05, 3.63) is 35.1 Å². The van der Waals surface area contributed by atoms with Crippen molar-refractivity contribution in [3.63, 3.8) is 0 Å². The highest BCUT2D eigenvalue weighted by molar-refractivity contribution is 14.0. The van der Waals surface area contributed by atoms with Crippen LogP contribution in [0.3, 0.4) is 0 Å². The summed E-state index contributed by atoms with van der Waals surface area (Å²) in [6.45, 7) is 12.0. The van der Waals surface area contributed by atoms with Crippen LogP contribution in [0.5, 0.6) is 0 Å². The third-order valence-corrected chi connectivity index (χ3v) is 4.81. The highest BCUT2D eigenvalue weighted by Gasteiger charge is 2.18. The first-order chi connectivity index (χ1) is 12.1. The Hall–Kier alpha value is -0.890. The third-order valence-electron chi connectivity index (χ3n) is 4.81. The fourth-order valence-corrected chi connectivity index (χ4v) is 3.22. The van der Waals surface area contributed by atoms with Gasteiger partial charge in [-0.05, 0) is 75.9 Å². The lowest BCUT2D eigenvalue weighted by Gasteiger charge is -2.32. The Kier molecular flexibility index (Phi) is 11.1. The van der Waals surface area contributed by atoms with Crippen molar-refractivity contribution < 1.29 is 4.39 Å². The lowest BCUT2D eigenvalue weighted by molar-refractivity contribution is 0.185. The average molecular weight is 476 g/mol. The van der Waals surface area contributed by atoms with Gasteiger partial charge < -0.3 is 15.5 Å². The summed E-state index contributed by atoms with van der Waals surface area (Å²) in [5.74, 6) is 1.36. The smallest absolute Gasteiger partial charge is 0.191 e. The molecule has 2 rings (SSSR count). The molecule has 0 atom stereocenters. The molecule has 1 saturated heterocycles. The Morgan fingerprint density at radius 2 is 1.96 bits per heavy atom. The van der Waals surface area contributed by atoms with E-state index in [0.29, 0.717) is 18.0 Å². The molecule has 0 unspecified atom stereocenters. The molecule has 1 aliphatic heterocycles. The number of hydrogen-bond donors (Lipinski definition) is 2. The van der Waals surface area contributed by atoms with E-state index >= 15 is 0 Å². The normalized spacial score (nSPS) is 16.2. The molecule has 1 aromatic carbocycles. The number of likely N-dealkylation sites (tertiary alicyclic amines) is 1. The number of guanidine groups is 1. The van der Waals surface area contributed by atoms with Crippen LogP contribution in [0.4, 0.5) is 4.39 Å². The van der Waals surface area contributed by atoms with E-state index in [-0.39, 0.29) is 29.8 Å². The standard InChI is InChI=1S/C20H33FN4.HI/c1-4-10-25-11-8-17(9-12-25)14-23-20(22-5-2)24-15-18-7-6-16(3)19(21)13-18;/h6-7,13,17H,4-5,8-12,14-15H2,1-3H3,(H2,22,23,24);1H. The number of nitrogens with one attached hydrogen (secondary N) is 2. The first-order valence-electron chi connectivity index (χ1n) is 9.62. The molecule has 0 bridgehead atoms. The largest absolute Gasteiger partial charge is 0.357 e. The summed E-state index contributed by atoms with van der Waals surface area (Å²) >= 11 is 0. The maximum absolute atomic E-state index is 13.6. The van der Waals surface area contributed by atoms with Crippen LogP contribution < -0.4 is 10.6 Å². The molecule has 0 amide bonds. The monoisotopic (exact) mass is 476 g/mol. The second kappa shape index (κ2) is 12.5. The Bertz CT molecular complexity index is 557. The first kappa shape index (κ1) is 23.1. The van der Waals surface area contributed by atoms with Crippen LogP contribution in [0.25, 0.3) is 0 Å². The molecule has 6 heteroatoms. The fraction of sp³-hybridized carbons (Fsp3) is 0.650. The van der Waals surface area contributed by atoms with Crippen molar-refractivity contribution in [1.29, 1.82) is 0 Å². The molecule has 0 aliphatic carbocycles. The molecule has 0 radical (unpaired) electrons. The maximum Gasteiger partial charge on any atom is 0.191 e. The van der Waals surface area contributed by atoms with Gasteiger partial charge in [-0.1, -0.05) is 19.1 Å². The lowest BCUT2D eigenvalue weighted by atomic mass is 9.97. The molecule has 1 aliphatic rings. The predicted octanol–water partition coefficient (Wildman–Crippen LogP) is 3.93. The Morgan fingerprint density at radius 3 is 2.58 bits per heavy atom. The molecule has 1 fully saturated rings. The van der Waals surface area contributed by atoms with Crippen molar-refractivity contribution >= 4 is 29.9 Å². The molecule has 0 saturated carbocycles. The van der Waals surface area contributed by atoms with Gasteiger partial charge in [-0.2, -0.15) is 0 Å². The van der Waals surface area contributed by atoms with Gasteiger partial charge in [0.1, 0.15) is 5.82 Å². The van der Waals surface area contributed by atoms with Crippen molar-refractivity contribution in [2.45, 2.75) is 46.6 Å². The van der Waals surface area contributed by atoms with Gasteiger partial charge in [-0.25, -0.2) is 9.38 Å². The zero-order valence-corrected chi connectivity index (χ0v) is 18.7. The number of halogens is 2. The van der Waals surface area contributed by atoms with E-state index in [4.69, 9.17) is 0 Å². The molecule has 0 spiro atoms. The van der Waals surface area contributed by atoms with Crippen LogP contribution in [-0.2, 0) is 6.54 Å². The van der Waals surface area contributed by atoms with Gasteiger partial charge in [0.05, 0.1) is 6.54 Å². The van der Waals surface area contributed by atoms with Gasteiger partial charge in [0.25, 0.3) is 0 Å². The summed E-state index contributed by atoms with van der Waals surface area (Å²) in [6, 6.07) is 5.32. The third kappa shape index (κ3) is 7.78. The minimum atomic E-state index is -0.163. The number of rotatable bonds is 7. The number of benzene rings is 1. The van der Waals surface area contributed by atoms with Crippen LogP contribution >= 0.6 is 24.0 Å². The number of piperidine rings is 1. The van der Waals surface area contributed by atoms with Crippen molar-refractivity contribution in [2.75, 3.05) is 32.7 Å². The van der Waals surface area contributed by atoms with Crippen LogP contribution in [0.15, 0.2) is 23.2 Å². The highest BCUT2D eigenvalue weighted by atomic mass is 127. The van der Waals surface area contributed by atoms with Crippen LogP contribution in [0, 0.1) is 18.7 Å². The van der Waals surface area contributed by atoms with E-state index in [0.717, 1.165) is 24.6 Å². The topological polar surface area (TPSA) is 39.7 Å². The molecule has 26 heavy (non-hydrogen) atoms. The summed E-state index contributed by atoms with van der Waals surface area (Å²) in [4.78, 5) is 7.16. The quantitative estimate of drug-likeness (QED) is 0.356. The molecule has 4 nitrogen and oxygen atoms in total. The summed E-state index contributed by atoms with van der Waals surface area (Å²) < 4.78 is 13.6. The summed E-state index contributed by atoms with van der Waals surface area (Å²) in [5.41, 5.74) is 1.57. The minimum absolute atomic E-state index is 0. The molecule has 1 aromatic rings. The van der Waals surface area contributed by atoms with Crippen molar-refractivity contribution in [3.8, 4) is 0 Å². The maximum atomic E-state index is 13.6. The van der Waals surface area contributed by atoms with Crippen LogP contribution in [0.1, 0.15) is 44.2 Å². The van der Waals surface area contributed by atoms with Gasteiger partial charge in [0.15, 0.2) is 5.96 Å². The molecule has 0 aromatic heterocycles. The number of hydrogen-bond acceptors (Lipinski definition) is 2. The predicted molar refractivity (Wildman–Crippen MR) is 119 cm³/mol. The SMILES string of the molecule is CCCN1CCC(CNC(=NCc2ccc(C)c(F)c2)NCC)CC1.I. The zero-order chi connectivity index (χ0) is 18.1. The highest BCUT2D eigenvalue weighted by Crippen LogP contribution is 2.16. The van der Waals surface area contributed by atoms with Gasteiger partial charge in [-0.3, -0.25) is 0 Å². The van der Waals surface area contributed by atoms with E-state index in [2.05, 4.69) is 34.4 Å². The van der Waals surface area contributed by atoms with Crippen molar-refractivity contribution in [1.82, 2.24) is 15.5 Å². The van der Waals surface area contributed by atoms with Gasteiger partial charge in [-0.15, -0.1) is 24.0 Å². The molecular weight excluding hydrogens is 442 g/mol. The Balaban J connectivity index is 0.00000338. The Labute approximate surface area is 175 Å². The average Bonchev–Trinajstić information content (AvgIpc) is 2.62. The van der Waals surface area contributed by atoms with Crippen LogP contribution in [0.2, 0.25) is 0 Å². The van der Waals surface area contributed by atoms with E-state index in [1.54, 1.807) is 13.0 Å². The van der Waals surface area contributed by atoms with Crippen LogP contribution in [-0.4, -0.2) is 43.6 Å². The van der Waals surface area contributed by atoms with E-state index < -0.39 is 0 Å². The molecule has 2 N–H and O–H groups in total.